The van der Waals surface area contributed by atoms with Gasteiger partial charge >= 0.3 is 0 Å². The van der Waals surface area contributed by atoms with Crippen LogP contribution in [0.4, 0.5) is 5.69 Å². The quantitative estimate of drug-likeness (QED) is 0.896. The van der Waals surface area contributed by atoms with Crippen molar-refractivity contribution in [2.75, 3.05) is 24.1 Å². The summed E-state index contributed by atoms with van der Waals surface area (Å²) in [4.78, 5) is 12.2. The summed E-state index contributed by atoms with van der Waals surface area (Å²) in [5.41, 5.74) is 3.01. The van der Waals surface area contributed by atoms with Crippen molar-refractivity contribution in [2.24, 2.45) is 0 Å². The van der Waals surface area contributed by atoms with Gasteiger partial charge in [0.1, 0.15) is 5.75 Å². The zero-order valence-corrected chi connectivity index (χ0v) is 13.3. The van der Waals surface area contributed by atoms with Crippen LogP contribution in [0.15, 0.2) is 12.1 Å². The first-order valence-corrected chi connectivity index (χ1v) is 7.99. The van der Waals surface area contributed by atoms with E-state index in [1.165, 1.54) is 0 Å². The molecule has 1 heterocycles. The van der Waals surface area contributed by atoms with Gasteiger partial charge in [-0.2, -0.15) is 0 Å². The van der Waals surface area contributed by atoms with Gasteiger partial charge < -0.3 is 10.1 Å². The van der Waals surface area contributed by atoms with Crippen LogP contribution in [0.5, 0.6) is 5.75 Å². The third kappa shape index (κ3) is 3.27. The summed E-state index contributed by atoms with van der Waals surface area (Å²) in [6.45, 7) is 6.22. The predicted molar refractivity (Wildman–Crippen MR) is 84.7 cm³/mol. The Balaban J connectivity index is 2.22. The van der Waals surface area contributed by atoms with Gasteiger partial charge in [-0.15, -0.1) is 11.8 Å². The van der Waals surface area contributed by atoms with Crippen LogP contribution in [0, 0.1) is 6.92 Å². The molecule has 0 aliphatic carbocycles. The number of rotatable bonds is 4. The molecule has 1 saturated heterocycles. The van der Waals surface area contributed by atoms with Crippen molar-refractivity contribution in [1.29, 1.82) is 0 Å². The van der Waals surface area contributed by atoms with Crippen molar-refractivity contribution >= 4 is 23.4 Å². The molecular formula is C15H22N2O2S. The Morgan fingerprint density at radius 2 is 2.25 bits per heavy atom. The van der Waals surface area contributed by atoms with E-state index in [0.29, 0.717) is 5.92 Å². The maximum Gasteiger partial charge on any atom is 0.242 e. The number of amides is 1. The van der Waals surface area contributed by atoms with Gasteiger partial charge in [-0.1, -0.05) is 13.8 Å². The molecule has 0 radical (unpaired) electrons. The molecule has 1 amide bonds. The number of anilines is 1. The lowest BCUT2D eigenvalue weighted by atomic mass is 9.99. The van der Waals surface area contributed by atoms with Gasteiger partial charge in [0, 0.05) is 17.3 Å². The van der Waals surface area contributed by atoms with E-state index in [9.17, 15) is 4.79 Å². The Morgan fingerprint density at radius 1 is 1.50 bits per heavy atom. The van der Waals surface area contributed by atoms with Crippen molar-refractivity contribution in [1.82, 2.24) is 5.32 Å². The minimum absolute atomic E-state index is 0.0398. The van der Waals surface area contributed by atoms with Gasteiger partial charge in [-0.05, 0) is 36.1 Å². The molecular weight excluding hydrogens is 272 g/mol. The molecule has 2 rings (SSSR count). The van der Waals surface area contributed by atoms with Gasteiger partial charge in [0.15, 0.2) is 0 Å². The molecule has 110 valence electrons. The number of benzene rings is 1. The standard InChI is InChI=1S/C15H22N2O2S/c1-9(2)11-6-12(10(3)5-14(11)19-4)17-15(18)13-7-20-8-16-13/h5-6,9,13,16H,7-8H2,1-4H3,(H,17,18). The summed E-state index contributed by atoms with van der Waals surface area (Å²) in [6, 6.07) is 3.92. The Bertz CT molecular complexity index is 497. The number of carbonyl (C=O) groups excluding carboxylic acids is 1. The smallest absolute Gasteiger partial charge is 0.242 e. The van der Waals surface area contributed by atoms with Crippen LogP contribution in [-0.4, -0.2) is 30.7 Å². The van der Waals surface area contributed by atoms with Crippen LogP contribution in [0.3, 0.4) is 0 Å². The number of carbonyl (C=O) groups is 1. The van der Waals surface area contributed by atoms with Crippen LogP contribution in [0.2, 0.25) is 0 Å². The second-order valence-electron chi connectivity index (χ2n) is 5.32. The average Bonchev–Trinajstić information content (AvgIpc) is 2.94. The fourth-order valence-corrected chi connectivity index (χ4v) is 3.19. The minimum atomic E-state index is -0.0935. The van der Waals surface area contributed by atoms with Crippen LogP contribution in [-0.2, 0) is 4.79 Å². The largest absolute Gasteiger partial charge is 0.496 e. The normalized spacial score (nSPS) is 18.4. The number of ether oxygens (including phenoxy) is 1. The molecule has 1 aliphatic heterocycles. The Labute approximate surface area is 124 Å². The van der Waals surface area contributed by atoms with E-state index >= 15 is 0 Å². The van der Waals surface area contributed by atoms with Crippen molar-refractivity contribution in [3.63, 3.8) is 0 Å². The Hall–Kier alpha value is -1.20. The first kappa shape index (κ1) is 15.2. The monoisotopic (exact) mass is 294 g/mol. The number of thioether (sulfide) groups is 1. The third-order valence-corrected chi connectivity index (χ3v) is 4.43. The van der Waals surface area contributed by atoms with Gasteiger partial charge in [-0.3, -0.25) is 10.1 Å². The van der Waals surface area contributed by atoms with Gasteiger partial charge in [0.25, 0.3) is 0 Å². The number of hydrogen-bond donors (Lipinski definition) is 2. The Kier molecular flexibility index (Phi) is 4.94. The zero-order chi connectivity index (χ0) is 14.7. The molecule has 5 heteroatoms. The third-order valence-electron chi connectivity index (χ3n) is 3.49. The maximum atomic E-state index is 12.2. The van der Waals surface area contributed by atoms with Crippen molar-refractivity contribution in [2.45, 2.75) is 32.7 Å². The lowest BCUT2D eigenvalue weighted by Crippen LogP contribution is -2.37. The molecule has 1 atom stereocenters. The summed E-state index contributed by atoms with van der Waals surface area (Å²) in [5, 5.41) is 6.21. The first-order valence-electron chi connectivity index (χ1n) is 6.83. The van der Waals surface area contributed by atoms with E-state index in [-0.39, 0.29) is 11.9 Å². The molecule has 0 saturated carbocycles. The van der Waals surface area contributed by atoms with Crippen molar-refractivity contribution in [3.8, 4) is 5.75 Å². The maximum absolute atomic E-state index is 12.2. The number of methoxy groups -OCH3 is 1. The van der Waals surface area contributed by atoms with E-state index in [2.05, 4.69) is 24.5 Å². The zero-order valence-electron chi connectivity index (χ0n) is 12.4. The summed E-state index contributed by atoms with van der Waals surface area (Å²) in [5.74, 6) is 2.94. The summed E-state index contributed by atoms with van der Waals surface area (Å²) >= 11 is 1.75. The molecule has 4 nitrogen and oxygen atoms in total. The molecule has 2 N–H and O–H groups in total. The SMILES string of the molecule is COc1cc(C)c(NC(=O)C2CSCN2)cc1C(C)C. The van der Waals surface area contributed by atoms with Crippen LogP contribution >= 0.6 is 11.8 Å². The highest BCUT2D eigenvalue weighted by Gasteiger charge is 2.23. The minimum Gasteiger partial charge on any atom is -0.496 e. The lowest BCUT2D eigenvalue weighted by Gasteiger charge is -2.18. The van der Waals surface area contributed by atoms with Crippen LogP contribution < -0.4 is 15.4 Å². The van der Waals surface area contributed by atoms with E-state index < -0.39 is 0 Å². The van der Waals surface area contributed by atoms with Crippen molar-refractivity contribution in [3.05, 3.63) is 23.3 Å². The van der Waals surface area contributed by atoms with E-state index in [4.69, 9.17) is 4.74 Å². The molecule has 0 bridgehead atoms. The summed E-state index contributed by atoms with van der Waals surface area (Å²) in [6.07, 6.45) is 0. The highest BCUT2D eigenvalue weighted by Crippen LogP contribution is 2.32. The van der Waals surface area contributed by atoms with Gasteiger partial charge in [-0.25, -0.2) is 0 Å². The number of hydrogen-bond acceptors (Lipinski definition) is 4. The fourth-order valence-electron chi connectivity index (χ4n) is 2.24. The molecule has 0 aromatic heterocycles. The average molecular weight is 294 g/mol. The predicted octanol–water partition coefficient (Wildman–Crippen LogP) is 2.73. The molecule has 1 aromatic rings. The highest BCUT2D eigenvalue weighted by atomic mass is 32.2. The lowest BCUT2D eigenvalue weighted by molar-refractivity contribution is -0.117. The molecule has 1 unspecified atom stereocenters. The molecule has 20 heavy (non-hydrogen) atoms. The van der Waals surface area contributed by atoms with Crippen LogP contribution in [0.1, 0.15) is 30.9 Å². The summed E-state index contributed by atoms with van der Waals surface area (Å²) < 4.78 is 5.42. The van der Waals surface area contributed by atoms with Crippen molar-refractivity contribution < 1.29 is 9.53 Å². The van der Waals surface area contributed by atoms with Crippen LogP contribution in [0.25, 0.3) is 0 Å². The second-order valence-corrected chi connectivity index (χ2v) is 6.36. The van der Waals surface area contributed by atoms with E-state index in [0.717, 1.165) is 34.2 Å². The fraction of sp³-hybridized carbons (Fsp3) is 0.533. The van der Waals surface area contributed by atoms with Gasteiger partial charge in [0.2, 0.25) is 5.91 Å². The number of nitrogens with one attached hydrogen (secondary N) is 2. The molecule has 0 spiro atoms. The molecule has 1 aliphatic rings. The van der Waals surface area contributed by atoms with E-state index in [1.54, 1.807) is 18.9 Å². The number of aryl methyl sites for hydroxylation is 1. The second kappa shape index (κ2) is 6.50. The topological polar surface area (TPSA) is 50.4 Å². The summed E-state index contributed by atoms with van der Waals surface area (Å²) in [7, 11) is 1.68. The Morgan fingerprint density at radius 3 is 2.80 bits per heavy atom. The van der Waals surface area contributed by atoms with Gasteiger partial charge in [0.05, 0.1) is 13.2 Å². The highest BCUT2D eigenvalue weighted by molar-refractivity contribution is 7.99. The van der Waals surface area contributed by atoms with E-state index in [1.807, 2.05) is 19.1 Å². The first-order chi connectivity index (χ1) is 9.52. The molecule has 1 aromatic carbocycles. The molecule has 1 fully saturated rings.